The van der Waals surface area contributed by atoms with Crippen molar-refractivity contribution in [3.8, 4) is 11.4 Å². The predicted molar refractivity (Wildman–Crippen MR) is 110 cm³/mol. The number of non-ortho nitro benzene ring substituents is 1. The molecule has 0 saturated carbocycles. The largest absolute Gasteiger partial charge is 0.497 e. The van der Waals surface area contributed by atoms with E-state index in [-0.39, 0.29) is 24.5 Å². The maximum Gasteiger partial charge on any atom is 0.333 e. The highest BCUT2D eigenvalue weighted by Gasteiger charge is 2.15. The number of nitro groups is 1. The van der Waals surface area contributed by atoms with E-state index in [2.05, 4.69) is 0 Å². The van der Waals surface area contributed by atoms with Crippen molar-refractivity contribution in [2.24, 2.45) is 0 Å². The molecule has 1 atom stereocenters. The minimum Gasteiger partial charge on any atom is -0.497 e. The molecular weight excluding hydrogens is 390 g/mol. The Morgan fingerprint density at radius 2 is 1.93 bits per heavy atom. The van der Waals surface area contributed by atoms with Crippen LogP contribution in [0.4, 0.5) is 5.69 Å². The van der Waals surface area contributed by atoms with Crippen LogP contribution in [0.15, 0.2) is 59.5 Å². The molecule has 0 aliphatic rings. The first-order valence-electron chi connectivity index (χ1n) is 9.31. The Kier molecular flexibility index (Phi) is 6.65. The second kappa shape index (κ2) is 9.38. The molecule has 1 heterocycles. The topological polar surface area (TPSA) is 109 Å². The third-order valence-corrected chi connectivity index (χ3v) is 4.58. The van der Waals surface area contributed by atoms with Gasteiger partial charge in [-0.05, 0) is 30.7 Å². The highest BCUT2D eigenvalue weighted by Crippen LogP contribution is 2.17. The van der Waals surface area contributed by atoms with Crippen molar-refractivity contribution in [2.75, 3.05) is 13.7 Å². The molecule has 0 bridgehead atoms. The average molecular weight is 413 g/mol. The fourth-order valence-electron chi connectivity index (χ4n) is 3.12. The average Bonchev–Trinajstić information content (AvgIpc) is 3.01. The van der Waals surface area contributed by atoms with Gasteiger partial charge in [0.05, 0.1) is 43.6 Å². The number of benzene rings is 2. The summed E-state index contributed by atoms with van der Waals surface area (Å²) in [5.41, 5.74) is 1.45. The number of rotatable bonds is 9. The van der Waals surface area contributed by atoms with Crippen LogP contribution in [-0.4, -0.2) is 39.0 Å². The number of aromatic nitrogens is 2. The van der Waals surface area contributed by atoms with Gasteiger partial charge in [0.25, 0.3) is 5.69 Å². The van der Waals surface area contributed by atoms with Crippen molar-refractivity contribution in [3.05, 3.63) is 86.6 Å². The number of hydrogen-bond donors (Lipinski definition) is 1. The van der Waals surface area contributed by atoms with Crippen LogP contribution < -0.4 is 10.4 Å². The van der Waals surface area contributed by atoms with E-state index >= 15 is 0 Å². The molecule has 9 heteroatoms. The molecule has 3 rings (SSSR count). The summed E-state index contributed by atoms with van der Waals surface area (Å²) >= 11 is 0. The van der Waals surface area contributed by atoms with Crippen molar-refractivity contribution in [2.45, 2.75) is 26.2 Å². The van der Waals surface area contributed by atoms with Gasteiger partial charge in [-0.15, -0.1) is 0 Å². The van der Waals surface area contributed by atoms with Gasteiger partial charge >= 0.3 is 5.69 Å². The number of nitro benzene ring substituents is 1. The third-order valence-electron chi connectivity index (χ3n) is 4.58. The second-order valence-corrected chi connectivity index (χ2v) is 6.83. The number of nitrogens with zero attached hydrogens (tertiary/aromatic N) is 3. The van der Waals surface area contributed by atoms with E-state index in [1.54, 1.807) is 26.3 Å². The molecule has 9 nitrogen and oxygen atoms in total. The van der Waals surface area contributed by atoms with Crippen LogP contribution in [0.2, 0.25) is 0 Å². The van der Waals surface area contributed by atoms with E-state index in [1.807, 2.05) is 24.3 Å². The lowest BCUT2D eigenvalue weighted by molar-refractivity contribution is -0.384. The van der Waals surface area contributed by atoms with Gasteiger partial charge in [-0.1, -0.05) is 18.2 Å². The van der Waals surface area contributed by atoms with Crippen LogP contribution in [0.3, 0.4) is 0 Å². The van der Waals surface area contributed by atoms with Crippen molar-refractivity contribution in [3.63, 3.8) is 0 Å². The normalized spacial score (nSPS) is 12.0. The van der Waals surface area contributed by atoms with Crippen LogP contribution in [0, 0.1) is 17.0 Å². The van der Waals surface area contributed by atoms with Gasteiger partial charge in [0, 0.05) is 24.0 Å². The van der Waals surface area contributed by atoms with Crippen LogP contribution in [0.5, 0.6) is 5.75 Å². The summed E-state index contributed by atoms with van der Waals surface area (Å²) in [7, 11) is 1.60. The lowest BCUT2D eigenvalue weighted by Gasteiger charge is -2.12. The van der Waals surface area contributed by atoms with E-state index in [9.17, 15) is 20.0 Å². The van der Waals surface area contributed by atoms with E-state index in [4.69, 9.17) is 9.47 Å². The summed E-state index contributed by atoms with van der Waals surface area (Å²) < 4.78 is 13.4. The molecule has 0 amide bonds. The third kappa shape index (κ3) is 4.94. The van der Waals surface area contributed by atoms with E-state index in [0.29, 0.717) is 18.0 Å². The zero-order valence-corrected chi connectivity index (χ0v) is 16.7. The Bertz CT molecular complexity index is 1070. The van der Waals surface area contributed by atoms with Gasteiger partial charge < -0.3 is 14.6 Å². The number of hydrogen-bond acceptors (Lipinski definition) is 6. The lowest BCUT2D eigenvalue weighted by atomic mass is 10.2. The molecule has 0 spiro atoms. The summed E-state index contributed by atoms with van der Waals surface area (Å²) in [5.74, 6) is 0.752. The van der Waals surface area contributed by atoms with Gasteiger partial charge in [0.1, 0.15) is 5.75 Å². The molecule has 0 radical (unpaired) electrons. The minimum absolute atomic E-state index is 0.0458. The van der Waals surface area contributed by atoms with Crippen LogP contribution in [0.1, 0.15) is 11.3 Å². The van der Waals surface area contributed by atoms with Gasteiger partial charge in [-0.3, -0.25) is 19.2 Å². The molecule has 1 unspecified atom stereocenters. The quantitative estimate of drug-likeness (QED) is 0.426. The summed E-state index contributed by atoms with van der Waals surface area (Å²) in [5, 5.41) is 21.3. The first kappa shape index (κ1) is 21.3. The molecular formula is C21H23N3O6. The maximum absolute atomic E-state index is 12.8. The summed E-state index contributed by atoms with van der Waals surface area (Å²) in [6.45, 7) is 2.15. The summed E-state index contributed by atoms with van der Waals surface area (Å²) in [6.07, 6.45) is 0.717. The van der Waals surface area contributed by atoms with Gasteiger partial charge in [0.2, 0.25) is 0 Å². The van der Waals surface area contributed by atoms with Crippen LogP contribution in [0.25, 0.3) is 5.69 Å². The Labute approximate surface area is 172 Å². The summed E-state index contributed by atoms with van der Waals surface area (Å²) in [6, 6.07) is 13.3. The smallest absolute Gasteiger partial charge is 0.333 e. The highest BCUT2D eigenvalue weighted by atomic mass is 16.6. The molecule has 3 aromatic rings. The zero-order chi connectivity index (χ0) is 21.7. The molecule has 0 aliphatic heterocycles. The molecule has 1 aromatic heterocycles. The number of methoxy groups -OCH3 is 1. The minimum atomic E-state index is -0.888. The summed E-state index contributed by atoms with van der Waals surface area (Å²) in [4.78, 5) is 23.2. The highest BCUT2D eigenvalue weighted by molar-refractivity contribution is 5.44. The molecule has 0 saturated heterocycles. The molecule has 0 fully saturated rings. The van der Waals surface area contributed by atoms with Crippen LogP contribution >= 0.6 is 0 Å². The fraction of sp³-hybridized carbons (Fsp3) is 0.286. The number of aliphatic hydroxyl groups excluding tert-OH is 1. The first-order valence-corrected chi connectivity index (χ1v) is 9.31. The SMILES string of the molecule is COc1ccc(COCC(O)Cn2cc(C)n(-c3cccc([N+](=O)[O-])c3)c2=O)cc1. The molecule has 1 N–H and O–H groups in total. The van der Waals surface area contributed by atoms with Crippen molar-refractivity contribution in [1.82, 2.24) is 9.13 Å². The lowest BCUT2D eigenvalue weighted by Crippen LogP contribution is -2.30. The number of aryl methyl sites for hydroxylation is 1. The van der Waals surface area contributed by atoms with Crippen molar-refractivity contribution in [1.29, 1.82) is 0 Å². The molecule has 30 heavy (non-hydrogen) atoms. The van der Waals surface area contributed by atoms with Crippen LogP contribution in [-0.2, 0) is 17.9 Å². The number of aliphatic hydroxyl groups is 1. The van der Waals surface area contributed by atoms with Gasteiger partial charge in [0.15, 0.2) is 0 Å². The predicted octanol–water partition coefficient (Wildman–Crippen LogP) is 2.44. The Hall–Kier alpha value is -3.43. The van der Waals surface area contributed by atoms with Crippen molar-refractivity contribution < 1.29 is 19.5 Å². The van der Waals surface area contributed by atoms with Crippen molar-refractivity contribution >= 4 is 5.69 Å². The molecule has 2 aromatic carbocycles. The Morgan fingerprint density at radius 1 is 1.20 bits per heavy atom. The second-order valence-electron chi connectivity index (χ2n) is 6.83. The monoisotopic (exact) mass is 413 g/mol. The Morgan fingerprint density at radius 3 is 2.60 bits per heavy atom. The zero-order valence-electron chi connectivity index (χ0n) is 16.7. The molecule has 158 valence electrons. The van der Waals surface area contributed by atoms with E-state index in [0.717, 1.165) is 11.3 Å². The van der Waals surface area contributed by atoms with E-state index in [1.165, 1.54) is 27.3 Å². The van der Waals surface area contributed by atoms with E-state index < -0.39 is 11.0 Å². The number of ether oxygens (including phenoxy) is 2. The molecule has 0 aliphatic carbocycles. The number of imidazole rings is 1. The maximum atomic E-state index is 12.8. The standard InChI is InChI=1S/C21H23N3O6/c1-15-11-22(21(26)23(15)17-4-3-5-18(10-17)24(27)28)12-19(25)14-30-13-16-6-8-20(29-2)9-7-16/h3-11,19,25H,12-14H2,1-2H3. The van der Waals surface area contributed by atoms with Gasteiger partial charge in [-0.2, -0.15) is 0 Å². The van der Waals surface area contributed by atoms with Gasteiger partial charge in [-0.25, -0.2) is 4.79 Å². The Balaban J connectivity index is 1.64. The fourth-order valence-corrected chi connectivity index (χ4v) is 3.12. The first-order chi connectivity index (χ1) is 14.4.